The first-order chi connectivity index (χ1) is 15.0. The minimum atomic E-state index is -0.811. The molecular weight excluding hydrogens is 405 g/mol. The molecule has 4 rings (SSSR count). The van der Waals surface area contributed by atoms with Gasteiger partial charge in [-0.05, 0) is 77.2 Å². The average Bonchev–Trinajstić information content (AvgIpc) is 2.94. The molecule has 1 aromatic heterocycles. The molecular formula is C24H30BN3O4. The van der Waals surface area contributed by atoms with Gasteiger partial charge in [0.1, 0.15) is 11.7 Å². The number of nitrogens with one attached hydrogen (secondary N) is 1. The summed E-state index contributed by atoms with van der Waals surface area (Å²) < 4.78 is 12.4. The van der Waals surface area contributed by atoms with Gasteiger partial charge in [-0.2, -0.15) is 0 Å². The fourth-order valence-electron chi connectivity index (χ4n) is 3.99. The summed E-state index contributed by atoms with van der Waals surface area (Å²) in [5.41, 5.74) is 1.35. The predicted octanol–water partition coefficient (Wildman–Crippen LogP) is 2.74. The SMILES string of the molecule is CC(C)NC(=O)C1Cc2cccnc2N(c2cccc(B3OC(C)(C)C(C)(C)O3)c2)C1=O. The maximum Gasteiger partial charge on any atom is 0.494 e. The molecule has 2 aliphatic rings. The van der Waals surface area contributed by atoms with E-state index < -0.39 is 24.2 Å². The lowest BCUT2D eigenvalue weighted by Crippen LogP contribution is -2.48. The minimum Gasteiger partial charge on any atom is -0.399 e. The van der Waals surface area contributed by atoms with Crippen molar-refractivity contribution in [1.29, 1.82) is 0 Å². The lowest BCUT2D eigenvalue weighted by Gasteiger charge is -2.33. The third-order valence-electron chi connectivity index (χ3n) is 6.42. The van der Waals surface area contributed by atoms with Crippen molar-refractivity contribution in [2.45, 2.75) is 65.2 Å². The lowest BCUT2D eigenvalue weighted by molar-refractivity contribution is -0.134. The highest BCUT2D eigenvalue weighted by atomic mass is 16.7. The Morgan fingerprint density at radius 1 is 1.16 bits per heavy atom. The van der Waals surface area contributed by atoms with Crippen LogP contribution in [0.2, 0.25) is 0 Å². The Morgan fingerprint density at radius 2 is 1.84 bits per heavy atom. The summed E-state index contributed by atoms with van der Waals surface area (Å²) in [6.07, 6.45) is 1.99. The molecule has 1 N–H and O–H groups in total. The molecule has 0 spiro atoms. The van der Waals surface area contributed by atoms with Gasteiger partial charge >= 0.3 is 7.12 Å². The van der Waals surface area contributed by atoms with Gasteiger partial charge in [-0.3, -0.25) is 14.5 Å². The van der Waals surface area contributed by atoms with Crippen molar-refractivity contribution in [3.63, 3.8) is 0 Å². The zero-order chi connectivity index (χ0) is 23.3. The van der Waals surface area contributed by atoms with Crippen LogP contribution in [0.3, 0.4) is 0 Å². The van der Waals surface area contributed by atoms with Crippen molar-refractivity contribution in [3.05, 3.63) is 48.2 Å². The van der Waals surface area contributed by atoms with Crippen molar-refractivity contribution >= 4 is 35.9 Å². The summed E-state index contributed by atoms with van der Waals surface area (Å²) in [4.78, 5) is 32.3. The molecule has 0 bridgehead atoms. The second kappa shape index (κ2) is 8.01. The van der Waals surface area contributed by atoms with Crippen molar-refractivity contribution in [1.82, 2.24) is 10.3 Å². The Kier molecular flexibility index (Phi) is 5.63. The Labute approximate surface area is 189 Å². The van der Waals surface area contributed by atoms with E-state index in [1.165, 1.54) is 4.90 Å². The van der Waals surface area contributed by atoms with Crippen LogP contribution < -0.4 is 15.7 Å². The lowest BCUT2D eigenvalue weighted by atomic mass is 9.78. The van der Waals surface area contributed by atoms with E-state index in [0.29, 0.717) is 17.9 Å². The summed E-state index contributed by atoms with van der Waals surface area (Å²) >= 11 is 0. The van der Waals surface area contributed by atoms with Crippen LogP contribution in [0.4, 0.5) is 11.5 Å². The van der Waals surface area contributed by atoms with Gasteiger partial charge < -0.3 is 14.6 Å². The normalized spacial score (nSPS) is 21.6. The Morgan fingerprint density at radius 3 is 2.50 bits per heavy atom. The molecule has 32 heavy (non-hydrogen) atoms. The van der Waals surface area contributed by atoms with Gasteiger partial charge in [0.05, 0.1) is 16.9 Å². The molecule has 1 saturated heterocycles. The van der Waals surface area contributed by atoms with Crippen LogP contribution in [-0.4, -0.2) is 41.2 Å². The molecule has 0 saturated carbocycles. The standard InChI is InChI=1S/C24H30BN3O4/c1-15(2)27-21(29)19-13-16-9-8-12-26-20(16)28(22(19)30)18-11-7-10-17(14-18)25-31-23(3,4)24(5,6)32-25/h7-12,14-15,19H,13H2,1-6H3,(H,27,29). The summed E-state index contributed by atoms with van der Waals surface area (Å²) in [7, 11) is -0.553. The number of fused-ring (bicyclic) bond motifs is 1. The molecule has 3 heterocycles. The molecule has 0 radical (unpaired) electrons. The van der Waals surface area contributed by atoms with Crippen LogP contribution in [0.1, 0.15) is 47.1 Å². The summed E-state index contributed by atoms with van der Waals surface area (Å²) in [6.45, 7) is 11.8. The number of anilines is 2. The molecule has 1 unspecified atom stereocenters. The topological polar surface area (TPSA) is 80.8 Å². The van der Waals surface area contributed by atoms with Gasteiger partial charge in [-0.15, -0.1) is 0 Å². The van der Waals surface area contributed by atoms with E-state index in [1.54, 1.807) is 6.20 Å². The molecule has 2 aliphatic heterocycles. The molecule has 1 fully saturated rings. The zero-order valence-corrected chi connectivity index (χ0v) is 19.5. The van der Waals surface area contributed by atoms with E-state index in [-0.39, 0.29) is 17.9 Å². The van der Waals surface area contributed by atoms with E-state index in [1.807, 2.05) is 77.9 Å². The van der Waals surface area contributed by atoms with Crippen LogP contribution in [0, 0.1) is 5.92 Å². The number of aromatic nitrogens is 1. The predicted molar refractivity (Wildman–Crippen MR) is 124 cm³/mol. The maximum atomic E-state index is 13.5. The average molecular weight is 435 g/mol. The number of nitrogens with zero attached hydrogens (tertiary/aromatic N) is 2. The third-order valence-corrected chi connectivity index (χ3v) is 6.42. The van der Waals surface area contributed by atoms with E-state index in [9.17, 15) is 9.59 Å². The smallest absolute Gasteiger partial charge is 0.399 e. The Hall–Kier alpha value is -2.71. The monoisotopic (exact) mass is 435 g/mol. The van der Waals surface area contributed by atoms with Crippen LogP contribution in [0.5, 0.6) is 0 Å². The summed E-state index contributed by atoms with van der Waals surface area (Å²) in [5, 5.41) is 2.87. The number of hydrogen-bond donors (Lipinski definition) is 1. The van der Waals surface area contributed by atoms with E-state index in [4.69, 9.17) is 9.31 Å². The van der Waals surface area contributed by atoms with Gasteiger partial charge in [0, 0.05) is 12.2 Å². The number of benzene rings is 1. The molecule has 1 atom stereocenters. The molecule has 8 heteroatoms. The van der Waals surface area contributed by atoms with Crippen molar-refractivity contribution in [2.24, 2.45) is 5.92 Å². The van der Waals surface area contributed by atoms with Crippen molar-refractivity contribution in [3.8, 4) is 0 Å². The molecule has 2 amide bonds. The van der Waals surface area contributed by atoms with E-state index in [2.05, 4.69) is 10.3 Å². The Bertz CT molecular complexity index is 1040. The zero-order valence-electron chi connectivity index (χ0n) is 19.5. The molecule has 168 valence electrons. The summed E-state index contributed by atoms with van der Waals surface area (Å²) in [5.74, 6) is -0.821. The van der Waals surface area contributed by atoms with Crippen molar-refractivity contribution in [2.75, 3.05) is 4.90 Å². The number of carbonyl (C=O) groups is 2. The number of amides is 2. The Balaban J connectivity index is 1.71. The molecule has 0 aliphatic carbocycles. The van der Waals surface area contributed by atoms with Crippen LogP contribution in [0.25, 0.3) is 0 Å². The highest BCUT2D eigenvalue weighted by molar-refractivity contribution is 6.62. The molecule has 7 nitrogen and oxygen atoms in total. The van der Waals surface area contributed by atoms with Crippen LogP contribution in [0.15, 0.2) is 42.6 Å². The van der Waals surface area contributed by atoms with Crippen LogP contribution in [-0.2, 0) is 25.3 Å². The van der Waals surface area contributed by atoms with E-state index in [0.717, 1.165) is 11.0 Å². The number of pyridine rings is 1. The maximum absolute atomic E-state index is 13.5. The van der Waals surface area contributed by atoms with Gasteiger partial charge in [0.15, 0.2) is 0 Å². The van der Waals surface area contributed by atoms with Crippen LogP contribution >= 0.6 is 0 Å². The number of hydrogen-bond acceptors (Lipinski definition) is 5. The van der Waals surface area contributed by atoms with Gasteiger partial charge in [0.25, 0.3) is 0 Å². The number of rotatable bonds is 4. The second-order valence-corrected chi connectivity index (χ2v) is 9.76. The highest BCUT2D eigenvalue weighted by Crippen LogP contribution is 2.38. The third kappa shape index (κ3) is 3.93. The fraction of sp³-hybridized carbons (Fsp3) is 0.458. The fourth-order valence-corrected chi connectivity index (χ4v) is 3.99. The first-order valence-electron chi connectivity index (χ1n) is 11.0. The minimum absolute atomic E-state index is 0.0502. The quantitative estimate of drug-likeness (QED) is 0.590. The number of carbonyl (C=O) groups excluding carboxylic acids is 2. The second-order valence-electron chi connectivity index (χ2n) is 9.76. The van der Waals surface area contributed by atoms with Gasteiger partial charge in [-0.1, -0.05) is 18.2 Å². The van der Waals surface area contributed by atoms with Gasteiger partial charge in [-0.25, -0.2) is 4.98 Å². The van der Waals surface area contributed by atoms with E-state index >= 15 is 0 Å². The molecule has 2 aromatic rings. The highest BCUT2D eigenvalue weighted by Gasteiger charge is 2.52. The first-order valence-corrected chi connectivity index (χ1v) is 11.0. The molecule has 1 aromatic carbocycles. The van der Waals surface area contributed by atoms with Gasteiger partial charge in [0.2, 0.25) is 11.8 Å². The first kappa shape index (κ1) is 22.5. The van der Waals surface area contributed by atoms with Crippen molar-refractivity contribution < 1.29 is 18.9 Å². The summed E-state index contributed by atoms with van der Waals surface area (Å²) in [6, 6.07) is 11.2. The largest absolute Gasteiger partial charge is 0.494 e.